The molecule has 8 heteroatoms. The Morgan fingerprint density at radius 2 is 2.00 bits per heavy atom. The maximum absolute atomic E-state index is 8.94. The second-order valence-electron chi connectivity index (χ2n) is 4.10. The minimum absolute atomic E-state index is 0.350. The van der Waals surface area contributed by atoms with Crippen LogP contribution in [0.15, 0.2) is 36.5 Å². The second-order valence-corrected chi connectivity index (χ2v) is 4.46. The smallest absolute Gasteiger partial charge is 0.221 e. The fourth-order valence-corrected chi connectivity index (χ4v) is 1.94. The van der Waals surface area contributed by atoms with Crippen LogP contribution < -0.4 is 26.1 Å². The van der Waals surface area contributed by atoms with E-state index in [1.165, 1.54) is 0 Å². The highest BCUT2D eigenvalue weighted by molar-refractivity contribution is 6.30. The molecule has 1 aromatic carbocycles. The molecule has 0 fully saturated rings. The number of aromatic nitrogens is 1. The standard InChI is InChI=1S/C14H15ClN2O2.CH4N2O/c1-16-11-5-3-6-12(18-2)10(11)9-19-13-7-4-8-17-14(13)15;2-3-1-4/h3-8,16H,9H2,1-2H3;1H,2H2,(H,3,4). The third kappa shape index (κ3) is 5.65. The number of carbonyl (C=O) groups excluding carboxylic acids is 1. The summed E-state index contributed by atoms with van der Waals surface area (Å²) in [4.78, 5) is 12.9. The average Bonchev–Trinajstić information content (AvgIpc) is 2.60. The summed E-state index contributed by atoms with van der Waals surface area (Å²) in [5, 5.41) is 3.46. The molecule has 0 aliphatic rings. The minimum atomic E-state index is 0.350. The van der Waals surface area contributed by atoms with E-state index in [9.17, 15) is 0 Å². The van der Waals surface area contributed by atoms with Crippen LogP contribution in [0.1, 0.15) is 5.56 Å². The third-order valence-corrected chi connectivity index (χ3v) is 3.07. The highest BCUT2D eigenvalue weighted by Crippen LogP contribution is 2.29. The number of hydrogen-bond acceptors (Lipinski definition) is 6. The summed E-state index contributed by atoms with van der Waals surface area (Å²) in [6.45, 7) is 0.353. The number of amides is 1. The molecule has 1 heterocycles. The number of nitrogens with two attached hydrogens (primary N) is 1. The van der Waals surface area contributed by atoms with Gasteiger partial charge in [-0.3, -0.25) is 10.2 Å². The van der Waals surface area contributed by atoms with E-state index in [1.54, 1.807) is 30.9 Å². The lowest BCUT2D eigenvalue weighted by atomic mass is 10.1. The number of halogens is 1. The Hall–Kier alpha value is -2.51. The van der Waals surface area contributed by atoms with Gasteiger partial charge in [-0.25, -0.2) is 10.8 Å². The lowest BCUT2D eigenvalue weighted by Gasteiger charge is -2.14. The number of hydrogen-bond donors (Lipinski definition) is 3. The van der Waals surface area contributed by atoms with Crippen molar-refractivity contribution >= 4 is 23.7 Å². The first kappa shape index (κ1) is 18.5. The molecule has 2 aromatic rings. The summed E-state index contributed by atoms with van der Waals surface area (Å²) in [5.41, 5.74) is 3.65. The number of carbonyl (C=O) groups is 1. The Morgan fingerprint density at radius 3 is 2.57 bits per heavy atom. The number of pyridine rings is 1. The van der Waals surface area contributed by atoms with Crippen molar-refractivity contribution < 1.29 is 14.3 Å². The van der Waals surface area contributed by atoms with Crippen molar-refractivity contribution in [2.75, 3.05) is 19.5 Å². The number of rotatable bonds is 6. The first-order valence-electron chi connectivity index (χ1n) is 6.64. The molecular weight excluding hydrogens is 320 g/mol. The first-order valence-corrected chi connectivity index (χ1v) is 7.02. The maximum atomic E-state index is 8.94. The summed E-state index contributed by atoms with van der Waals surface area (Å²) in [6.07, 6.45) is 2.03. The summed E-state index contributed by atoms with van der Waals surface area (Å²) in [7, 11) is 3.49. The van der Waals surface area contributed by atoms with Crippen LogP contribution in [0.4, 0.5) is 5.69 Å². The van der Waals surface area contributed by atoms with Gasteiger partial charge in [0.2, 0.25) is 6.41 Å². The monoisotopic (exact) mass is 338 g/mol. The fourth-order valence-electron chi connectivity index (χ4n) is 1.77. The van der Waals surface area contributed by atoms with Gasteiger partial charge >= 0.3 is 0 Å². The van der Waals surface area contributed by atoms with Gasteiger partial charge in [0, 0.05) is 18.9 Å². The van der Waals surface area contributed by atoms with Crippen molar-refractivity contribution in [1.82, 2.24) is 10.4 Å². The van der Waals surface area contributed by atoms with E-state index in [0.29, 0.717) is 23.9 Å². The summed E-state index contributed by atoms with van der Waals surface area (Å²) in [5.74, 6) is 5.73. The Kier molecular flexibility index (Phi) is 8.27. The van der Waals surface area contributed by atoms with Crippen LogP contribution in [0.25, 0.3) is 0 Å². The van der Waals surface area contributed by atoms with Gasteiger partial charge in [0.15, 0.2) is 10.9 Å². The van der Waals surface area contributed by atoms with Gasteiger partial charge < -0.3 is 14.8 Å². The van der Waals surface area contributed by atoms with Crippen molar-refractivity contribution in [3.05, 3.63) is 47.2 Å². The van der Waals surface area contributed by atoms with Crippen molar-refractivity contribution in [3.63, 3.8) is 0 Å². The topological polar surface area (TPSA) is 98.5 Å². The maximum Gasteiger partial charge on any atom is 0.221 e. The predicted octanol–water partition coefficient (Wildman–Crippen LogP) is 1.97. The van der Waals surface area contributed by atoms with Gasteiger partial charge in [-0.15, -0.1) is 0 Å². The molecule has 1 aromatic heterocycles. The molecule has 0 unspecified atom stereocenters. The zero-order valence-corrected chi connectivity index (χ0v) is 13.6. The first-order chi connectivity index (χ1) is 11.2. The van der Waals surface area contributed by atoms with Gasteiger partial charge in [0.25, 0.3) is 0 Å². The molecule has 0 radical (unpaired) electrons. The van der Waals surface area contributed by atoms with Gasteiger partial charge in [-0.2, -0.15) is 0 Å². The molecule has 0 spiro atoms. The molecule has 0 bridgehead atoms. The molecule has 0 saturated carbocycles. The van der Waals surface area contributed by atoms with Gasteiger partial charge in [-0.1, -0.05) is 17.7 Å². The molecule has 124 valence electrons. The van der Waals surface area contributed by atoms with Gasteiger partial charge in [0.05, 0.1) is 12.7 Å². The minimum Gasteiger partial charge on any atom is -0.496 e. The Morgan fingerprint density at radius 1 is 1.30 bits per heavy atom. The van der Waals surface area contributed by atoms with Gasteiger partial charge in [0.1, 0.15) is 12.4 Å². The number of anilines is 1. The zero-order chi connectivity index (χ0) is 17.1. The molecule has 4 N–H and O–H groups in total. The van der Waals surface area contributed by atoms with Crippen LogP contribution in [-0.4, -0.2) is 25.6 Å². The summed E-state index contributed by atoms with van der Waals surface area (Å²) < 4.78 is 11.0. The molecular formula is C15H19ClN4O3. The van der Waals surface area contributed by atoms with Crippen LogP contribution in [0.2, 0.25) is 5.15 Å². The number of ether oxygens (including phenoxy) is 2. The van der Waals surface area contributed by atoms with Crippen molar-refractivity contribution in [3.8, 4) is 11.5 Å². The number of nitrogens with one attached hydrogen (secondary N) is 2. The summed E-state index contributed by atoms with van der Waals surface area (Å²) >= 11 is 5.95. The van der Waals surface area contributed by atoms with E-state index in [4.69, 9.17) is 25.9 Å². The van der Waals surface area contributed by atoms with E-state index in [-0.39, 0.29) is 0 Å². The normalized spacial score (nSPS) is 9.22. The van der Waals surface area contributed by atoms with E-state index < -0.39 is 0 Å². The lowest BCUT2D eigenvalue weighted by Crippen LogP contribution is -2.18. The van der Waals surface area contributed by atoms with Crippen molar-refractivity contribution in [1.29, 1.82) is 0 Å². The van der Waals surface area contributed by atoms with Gasteiger partial charge in [-0.05, 0) is 24.3 Å². The fraction of sp³-hybridized carbons (Fsp3) is 0.200. The van der Waals surface area contributed by atoms with E-state index in [1.807, 2.05) is 25.2 Å². The molecule has 2 rings (SSSR count). The molecule has 0 aliphatic heterocycles. The largest absolute Gasteiger partial charge is 0.496 e. The second kappa shape index (κ2) is 10.3. The van der Waals surface area contributed by atoms with Crippen LogP contribution in [0.5, 0.6) is 11.5 Å². The molecule has 0 saturated heterocycles. The number of benzene rings is 1. The van der Waals surface area contributed by atoms with E-state index in [0.717, 1.165) is 17.0 Å². The van der Waals surface area contributed by atoms with Crippen molar-refractivity contribution in [2.24, 2.45) is 5.84 Å². The zero-order valence-electron chi connectivity index (χ0n) is 12.9. The quantitative estimate of drug-likeness (QED) is 0.245. The number of methoxy groups -OCH3 is 1. The predicted molar refractivity (Wildman–Crippen MR) is 89.5 cm³/mol. The number of hydrazine groups is 1. The Bertz CT molecular complexity index is 603. The average molecular weight is 339 g/mol. The molecule has 1 amide bonds. The Balaban J connectivity index is 0.000000593. The molecule has 0 atom stereocenters. The molecule has 7 nitrogen and oxygen atoms in total. The van der Waals surface area contributed by atoms with E-state index >= 15 is 0 Å². The van der Waals surface area contributed by atoms with Crippen molar-refractivity contribution in [2.45, 2.75) is 6.61 Å². The highest BCUT2D eigenvalue weighted by Gasteiger charge is 2.10. The van der Waals surface area contributed by atoms with Crippen LogP contribution in [-0.2, 0) is 11.4 Å². The Labute approximate surface area is 139 Å². The SMILES string of the molecule is CNc1cccc(OC)c1COc1cccnc1Cl.NNC=O. The van der Waals surface area contributed by atoms with Crippen LogP contribution in [0, 0.1) is 0 Å². The molecule has 23 heavy (non-hydrogen) atoms. The number of nitrogens with zero attached hydrogens (tertiary/aromatic N) is 1. The third-order valence-electron chi connectivity index (χ3n) is 2.79. The summed E-state index contributed by atoms with van der Waals surface area (Å²) in [6, 6.07) is 9.34. The van der Waals surface area contributed by atoms with Crippen LogP contribution in [0.3, 0.4) is 0 Å². The van der Waals surface area contributed by atoms with Crippen LogP contribution >= 0.6 is 11.6 Å². The lowest BCUT2D eigenvalue weighted by molar-refractivity contribution is -0.109. The highest BCUT2D eigenvalue weighted by atomic mass is 35.5. The molecule has 0 aliphatic carbocycles. The van der Waals surface area contributed by atoms with E-state index in [2.05, 4.69) is 16.1 Å².